The molecule has 0 aromatic heterocycles. The molecule has 2 rings (SSSR count). The van der Waals surface area contributed by atoms with Crippen LogP contribution in [0.4, 0.5) is 0 Å². The third-order valence-corrected chi connectivity index (χ3v) is 4.12. The molecule has 0 amide bonds. The summed E-state index contributed by atoms with van der Waals surface area (Å²) in [6, 6.07) is 16.5. The molecule has 0 unspecified atom stereocenters. The summed E-state index contributed by atoms with van der Waals surface area (Å²) >= 11 is 0. The normalized spacial score (nSPS) is 11.2. The van der Waals surface area contributed by atoms with Crippen LogP contribution in [-0.4, -0.2) is 26.4 Å². The maximum atomic E-state index is 5.91. The van der Waals surface area contributed by atoms with Crippen molar-refractivity contribution in [2.75, 3.05) is 26.4 Å². The minimum atomic E-state index is 0.521. The van der Waals surface area contributed by atoms with Gasteiger partial charge in [0.05, 0.1) is 26.4 Å². The van der Waals surface area contributed by atoms with Gasteiger partial charge in [-0.2, -0.15) is 0 Å². The summed E-state index contributed by atoms with van der Waals surface area (Å²) < 4.78 is 17.7. The molecular weight excluding hydrogens is 336 g/mol. The Bertz CT molecular complexity index is 607. The molecule has 0 bridgehead atoms. The highest BCUT2D eigenvalue weighted by Gasteiger charge is 2.06. The number of ether oxygens (including phenoxy) is 3. The van der Waals surface area contributed by atoms with E-state index in [0.717, 1.165) is 37.6 Å². The van der Waals surface area contributed by atoms with E-state index in [4.69, 9.17) is 14.2 Å². The van der Waals surface area contributed by atoms with E-state index in [0.29, 0.717) is 25.0 Å². The lowest BCUT2D eigenvalue weighted by Gasteiger charge is -2.14. The average molecular weight is 371 g/mol. The van der Waals surface area contributed by atoms with Crippen LogP contribution >= 0.6 is 0 Å². The van der Waals surface area contributed by atoms with Gasteiger partial charge in [-0.3, -0.25) is 0 Å². The molecule has 148 valence electrons. The van der Waals surface area contributed by atoms with Crippen molar-refractivity contribution < 1.29 is 14.2 Å². The first kappa shape index (κ1) is 21.3. The highest BCUT2D eigenvalue weighted by atomic mass is 16.5. The van der Waals surface area contributed by atoms with Crippen molar-refractivity contribution in [3.8, 4) is 11.5 Å². The molecule has 2 aromatic rings. The Morgan fingerprint density at radius 1 is 0.630 bits per heavy atom. The molecule has 3 heteroatoms. The highest BCUT2D eigenvalue weighted by Crippen LogP contribution is 2.21. The molecule has 0 N–H and O–H groups in total. The van der Waals surface area contributed by atoms with Crippen molar-refractivity contribution >= 4 is 0 Å². The number of hydrogen-bond donors (Lipinski definition) is 0. The summed E-state index contributed by atoms with van der Waals surface area (Å²) in [6.45, 7) is 11.5. The van der Waals surface area contributed by atoms with E-state index in [1.165, 1.54) is 11.1 Å². The lowest BCUT2D eigenvalue weighted by atomic mass is 10.1. The molecule has 0 saturated heterocycles. The Balaban J connectivity index is 1.77. The van der Waals surface area contributed by atoms with Gasteiger partial charge in [0.2, 0.25) is 0 Å². The molecule has 0 radical (unpaired) electrons. The molecule has 0 atom stereocenters. The van der Waals surface area contributed by atoms with Crippen molar-refractivity contribution in [2.45, 2.75) is 40.5 Å². The van der Waals surface area contributed by atoms with Crippen molar-refractivity contribution in [3.05, 3.63) is 59.7 Å². The first-order valence-electron chi connectivity index (χ1n) is 10.1. The Labute approximate surface area is 164 Å². The van der Waals surface area contributed by atoms with Gasteiger partial charge in [-0.05, 0) is 47.9 Å². The minimum Gasteiger partial charge on any atom is -0.493 e. The predicted octanol–water partition coefficient (Wildman–Crippen LogP) is 5.56. The molecule has 0 aliphatic rings. The van der Waals surface area contributed by atoms with Gasteiger partial charge in [0.25, 0.3) is 0 Å². The number of para-hydroxylation sites is 2. The Hall–Kier alpha value is -2.00. The van der Waals surface area contributed by atoms with E-state index in [9.17, 15) is 0 Å². The number of rotatable bonds is 12. The fourth-order valence-corrected chi connectivity index (χ4v) is 2.68. The summed E-state index contributed by atoms with van der Waals surface area (Å²) in [7, 11) is 0. The van der Waals surface area contributed by atoms with Crippen LogP contribution in [0.2, 0.25) is 0 Å². The third kappa shape index (κ3) is 8.04. The molecule has 0 fully saturated rings. The minimum absolute atomic E-state index is 0.521. The molecule has 0 aliphatic heterocycles. The third-order valence-electron chi connectivity index (χ3n) is 4.12. The Kier molecular flexibility index (Phi) is 9.20. The highest BCUT2D eigenvalue weighted by molar-refractivity contribution is 5.34. The molecule has 2 aromatic carbocycles. The summed E-state index contributed by atoms with van der Waals surface area (Å²) in [5.41, 5.74) is 2.41. The standard InChI is InChI=1S/C24H34O3/c1-19(2)17-26-23-11-7-5-9-21(23)13-15-25-16-14-22-10-6-8-12-24(22)27-18-20(3)4/h5-12,19-20H,13-18H2,1-4H3. The largest absolute Gasteiger partial charge is 0.493 e. The van der Waals surface area contributed by atoms with Gasteiger partial charge < -0.3 is 14.2 Å². The zero-order valence-electron chi connectivity index (χ0n) is 17.2. The van der Waals surface area contributed by atoms with E-state index < -0.39 is 0 Å². The molecule has 3 nitrogen and oxygen atoms in total. The van der Waals surface area contributed by atoms with Gasteiger partial charge in [0, 0.05) is 0 Å². The van der Waals surface area contributed by atoms with Crippen LogP contribution in [-0.2, 0) is 17.6 Å². The summed E-state index contributed by atoms with van der Waals surface area (Å²) in [5.74, 6) is 2.99. The molecule has 0 spiro atoms. The quantitative estimate of drug-likeness (QED) is 0.458. The van der Waals surface area contributed by atoms with E-state index in [1.807, 2.05) is 24.3 Å². The SMILES string of the molecule is CC(C)COc1ccccc1CCOCCc1ccccc1OCC(C)C. The van der Waals surface area contributed by atoms with Gasteiger partial charge in [0.15, 0.2) is 0 Å². The van der Waals surface area contributed by atoms with Gasteiger partial charge >= 0.3 is 0 Å². The summed E-state index contributed by atoms with van der Waals surface area (Å²) in [6.07, 6.45) is 1.72. The average Bonchev–Trinajstić information content (AvgIpc) is 2.66. The zero-order valence-corrected chi connectivity index (χ0v) is 17.2. The first-order chi connectivity index (χ1) is 13.1. The van der Waals surface area contributed by atoms with Gasteiger partial charge in [-0.15, -0.1) is 0 Å². The predicted molar refractivity (Wildman–Crippen MR) is 112 cm³/mol. The lowest BCUT2D eigenvalue weighted by Crippen LogP contribution is -2.09. The van der Waals surface area contributed by atoms with Crippen LogP contribution in [0.25, 0.3) is 0 Å². The molecule has 0 aliphatic carbocycles. The fourth-order valence-electron chi connectivity index (χ4n) is 2.68. The van der Waals surface area contributed by atoms with E-state index in [-0.39, 0.29) is 0 Å². The second-order valence-electron chi connectivity index (χ2n) is 7.74. The van der Waals surface area contributed by atoms with Gasteiger partial charge in [-0.1, -0.05) is 64.1 Å². The van der Waals surface area contributed by atoms with Gasteiger partial charge in [0.1, 0.15) is 11.5 Å². The lowest BCUT2D eigenvalue weighted by molar-refractivity contribution is 0.138. The number of benzene rings is 2. The second-order valence-corrected chi connectivity index (χ2v) is 7.74. The monoisotopic (exact) mass is 370 g/mol. The summed E-state index contributed by atoms with van der Waals surface area (Å²) in [5, 5.41) is 0. The van der Waals surface area contributed by atoms with E-state index >= 15 is 0 Å². The number of hydrogen-bond acceptors (Lipinski definition) is 3. The van der Waals surface area contributed by atoms with Crippen LogP contribution < -0.4 is 9.47 Å². The van der Waals surface area contributed by atoms with Crippen molar-refractivity contribution in [2.24, 2.45) is 11.8 Å². The van der Waals surface area contributed by atoms with Crippen molar-refractivity contribution in [1.82, 2.24) is 0 Å². The maximum absolute atomic E-state index is 5.91. The zero-order chi connectivity index (χ0) is 19.5. The van der Waals surface area contributed by atoms with E-state index in [2.05, 4.69) is 52.0 Å². The van der Waals surface area contributed by atoms with Gasteiger partial charge in [-0.25, -0.2) is 0 Å². The molecule has 0 heterocycles. The van der Waals surface area contributed by atoms with E-state index in [1.54, 1.807) is 0 Å². The molecule has 0 saturated carbocycles. The first-order valence-corrected chi connectivity index (χ1v) is 10.1. The summed E-state index contributed by atoms with van der Waals surface area (Å²) in [4.78, 5) is 0. The smallest absolute Gasteiger partial charge is 0.122 e. The fraction of sp³-hybridized carbons (Fsp3) is 0.500. The second kappa shape index (κ2) is 11.7. The topological polar surface area (TPSA) is 27.7 Å². The van der Waals surface area contributed by atoms with Crippen LogP contribution in [0.3, 0.4) is 0 Å². The van der Waals surface area contributed by atoms with Crippen LogP contribution in [0.5, 0.6) is 11.5 Å². The maximum Gasteiger partial charge on any atom is 0.122 e. The van der Waals surface area contributed by atoms with Crippen molar-refractivity contribution in [3.63, 3.8) is 0 Å². The molecule has 27 heavy (non-hydrogen) atoms. The molecular formula is C24H34O3. The Morgan fingerprint density at radius 2 is 1.04 bits per heavy atom. The van der Waals surface area contributed by atoms with Crippen molar-refractivity contribution in [1.29, 1.82) is 0 Å². The van der Waals surface area contributed by atoms with Crippen LogP contribution in [0.1, 0.15) is 38.8 Å². The van der Waals surface area contributed by atoms with Crippen LogP contribution in [0.15, 0.2) is 48.5 Å². The van der Waals surface area contributed by atoms with Crippen LogP contribution in [0, 0.1) is 11.8 Å². The Morgan fingerprint density at radius 3 is 1.44 bits per heavy atom.